The van der Waals surface area contributed by atoms with Crippen LogP contribution in [0.3, 0.4) is 0 Å². The van der Waals surface area contributed by atoms with Crippen molar-refractivity contribution in [3.63, 3.8) is 0 Å². The smallest absolute Gasteiger partial charge is 0.410 e. The SMILES string of the molecule is COCOc1ccc2c(c1)CN(C(=O)OC(C)(C)C)C([C@H](O)CNc1ccc(C(=O)N3CCOCC3)cc1)C2. The second-order valence-corrected chi connectivity index (χ2v) is 10.8. The first-order valence-corrected chi connectivity index (χ1v) is 13.3. The molecule has 0 aliphatic carbocycles. The summed E-state index contributed by atoms with van der Waals surface area (Å²) in [6.07, 6.45) is -0.884. The molecule has 39 heavy (non-hydrogen) atoms. The minimum absolute atomic E-state index is 0.0189. The molecule has 2 N–H and O–H groups in total. The number of benzene rings is 2. The van der Waals surface area contributed by atoms with E-state index in [1.165, 1.54) is 0 Å². The number of carbonyl (C=O) groups is 2. The number of methoxy groups -OCH3 is 1. The van der Waals surface area contributed by atoms with Gasteiger partial charge < -0.3 is 34.3 Å². The summed E-state index contributed by atoms with van der Waals surface area (Å²) >= 11 is 0. The Hall–Kier alpha value is -3.34. The fourth-order valence-electron chi connectivity index (χ4n) is 4.70. The van der Waals surface area contributed by atoms with E-state index in [2.05, 4.69) is 5.32 Å². The highest BCUT2D eigenvalue weighted by molar-refractivity contribution is 5.94. The number of ether oxygens (including phenoxy) is 4. The van der Waals surface area contributed by atoms with E-state index in [0.717, 1.165) is 16.8 Å². The van der Waals surface area contributed by atoms with Gasteiger partial charge in [-0.3, -0.25) is 9.69 Å². The fraction of sp³-hybridized carbons (Fsp3) is 0.517. The molecule has 10 heteroatoms. The van der Waals surface area contributed by atoms with Gasteiger partial charge in [-0.2, -0.15) is 0 Å². The quantitative estimate of drug-likeness (QED) is 0.490. The highest BCUT2D eigenvalue weighted by Crippen LogP contribution is 2.30. The molecule has 0 saturated carbocycles. The van der Waals surface area contributed by atoms with Crippen LogP contribution in [0.25, 0.3) is 0 Å². The van der Waals surface area contributed by atoms with Crippen molar-refractivity contribution in [3.8, 4) is 5.75 Å². The van der Waals surface area contributed by atoms with E-state index in [1.807, 2.05) is 51.1 Å². The first-order valence-electron chi connectivity index (χ1n) is 13.3. The highest BCUT2D eigenvalue weighted by atomic mass is 16.7. The Labute approximate surface area is 229 Å². The molecule has 2 atom stereocenters. The Morgan fingerprint density at radius 3 is 2.49 bits per heavy atom. The Balaban J connectivity index is 1.43. The van der Waals surface area contributed by atoms with Crippen LogP contribution in [0.2, 0.25) is 0 Å². The maximum atomic E-state index is 13.2. The number of carbonyl (C=O) groups excluding carboxylic acids is 2. The average molecular weight is 542 g/mol. The van der Waals surface area contributed by atoms with Crippen LogP contribution in [0, 0.1) is 0 Å². The van der Waals surface area contributed by atoms with Gasteiger partial charge in [-0.1, -0.05) is 6.07 Å². The number of aliphatic hydroxyl groups is 1. The molecular formula is C29H39N3O7. The number of nitrogens with one attached hydrogen (secondary N) is 1. The number of rotatable bonds is 8. The summed E-state index contributed by atoms with van der Waals surface area (Å²) in [6.45, 7) is 8.37. The average Bonchev–Trinajstić information content (AvgIpc) is 2.93. The number of anilines is 1. The van der Waals surface area contributed by atoms with Gasteiger partial charge in [0.25, 0.3) is 5.91 Å². The van der Waals surface area contributed by atoms with Crippen molar-refractivity contribution < 1.29 is 33.6 Å². The third kappa shape index (κ3) is 7.62. The number of fused-ring (bicyclic) bond motifs is 1. The summed E-state index contributed by atoms with van der Waals surface area (Å²) < 4.78 is 21.6. The van der Waals surface area contributed by atoms with Crippen LogP contribution in [0.5, 0.6) is 5.75 Å². The lowest BCUT2D eigenvalue weighted by Gasteiger charge is -2.40. The van der Waals surface area contributed by atoms with Crippen LogP contribution >= 0.6 is 0 Å². The topological polar surface area (TPSA) is 110 Å². The second-order valence-electron chi connectivity index (χ2n) is 10.8. The molecule has 2 aliphatic heterocycles. The van der Waals surface area contributed by atoms with Crippen molar-refractivity contribution in [2.45, 2.75) is 51.5 Å². The normalized spacial score (nSPS) is 18.2. The molecule has 1 unspecified atom stereocenters. The van der Waals surface area contributed by atoms with Crippen LogP contribution < -0.4 is 10.1 Å². The standard InChI is InChI=1S/C29H39N3O7/c1-29(2,3)39-28(35)32-18-22-15-24(38-19-36-4)10-7-21(22)16-25(32)26(33)17-30-23-8-5-20(6-9-23)27(34)31-11-13-37-14-12-31/h5-10,15,25-26,30,33H,11-14,16-19H2,1-4H3/t25?,26-/m1/s1. The van der Waals surface area contributed by atoms with E-state index in [9.17, 15) is 14.7 Å². The van der Waals surface area contributed by atoms with Crippen LogP contribution in [0.4, 0.5) is 10.5 Å². The van der Waals surface area contributed by atoms with Gasteiger partial charge in [0.1, 0.15) is 11.4 Å². The van der Waals surface area contributed by atoms with Gasteiger partial charge in [-0.15, -0.1) is 0 Å². The molecule has 0 bridgehead atoms. The molecule has 0 aromatic heterocycles. The molecule has 1 fully saturated rings. The molecule has 2 aromatic rings. The van der Waals surface area contributed by atoms with E-state index < -0.39 is 23.8 Å². The lowest BCUT2D eigenvalue weighted by Crippen LogP contribution is -2.53. The minimum atomic E-state index is -0.871. The van der Waals surface area contributed by atoms with Crippen molar-refractivity contribution in [3.05, 3.63) is 59.2 Å². The van der Waals surface area contributed by atoms with E-state index in [0.29, 0.717) is 44.0 Å². The predicted octanol–water partition coefficient (Wildman–Crippen LogP) is 3.28. The zero-order chi connectivity index (χ0) is 28.0. The molecule has 2 amide bonds. The van der Waals surface area contributed by atoms with Crippen molar-refractivity contribution in [2.24, 2.45) is 0 Å². The summed E-state index contributed by atoms with van der Waals surface area (Å²) in [7, 11) is 1.56. The zero-order valence-electron chi connectivity index (χ0n) is 23.1. The van der Waals surface area contributed by atoms with Crippen LogP contribution in [0.1, 0.15) is 42.3 Å². The molecule has 212 valence electrons. The largest absolute Gasteiger partial charge is 0.468 e. The lowest BCUT2D eigenvalue weighted by atomic mass is 9.91. The van der Waals surface area contributed by atoms with Gasteiger partial charge in [-0.05, 0) is 74.7 Å². The van der Waals surface area contributed by atoms with Crippen LogP contribution in [-0.4, -0.2) is 91.4 Å². The molecule has 10 nitrogen and oxygen atoms in total. The number of aliphatic hydroxyl groups excluding tert-OH is 1. The first kappa shape index (κ1) is 28.7. The maximum absolute atomic E-state index is 13.2. The molecule has 2 aromatic carbocycles. The molecule has 2 aliphatic rings. The van der Waals surface area contributed by atoms with Crippen molar-refractivity contribution in [2.75, 3.05) is 52.1 Å². The Kier molecular flexibility index (Phi) is 9.32. The summed E-state index contributed by atoms with van der Waals surface area (Å²) in [5, 5.41) is 14.5. The molecule has 4 rings (SSSR count). The van der Waals surface area contributed by atoms with Crippen molar-refractivity contribution >= 4 is 17.7 Å². The highest BCUT2D eigenvalue weighted by Gasteiger charge is 2.37. The Morgan fingerprint density at radius 2 is 1.82 bits per heavy atom. The van der Waals surface area contributed by atoms with Crippen molar-refractivity contribution in [1.82, 2.24) is 9.80 Å². The molecule has 1 saturated heterocycles. The second kappa shape index (κ2) is 12.7. The third-order valence-corrected chi connectivity index (χ3v) is 6.71. The van der Waals surface area contributed by atoms with E-state index >= 15 is 0 Å². The summed E-state index contributed by atoms with van der Waals surface area (Å²) in [5.41, 5.74) is 2.68. The number of nitrogens with zero attached hydrogens (tertiary/aromatic N) is 2. The minimum Gasteiger partial charge on any atom is -0.468 e. The first-order chi connectivity index (χ1) is 18.6. The summed E-state index contributed by atoms with van der Waals surface area (Å²) in [6, 6.07) is 12.4. The molecule has 0 radical (unpaired) electrons. The maximum Gasteiger partial charge on any atom is 0.410 e. The fourth-order valence-corrected chi connectivity index (χ4v) is 4.70. The van der Waals surface area contributed by atoms with Gasteiger partial charge in [0.15, 0.2) is 6.79 Å². The van der Waals surface area contributed by atoms with Gasteiger partial charge in [0.05, 0.1) is 25.4 Å². The third-order valence-electron chi connectivity index (χ3n) is 6.71. The zero-order valence-corrected chi connectivity index (χ0v) is 23.1. The van der Waals surface area contributed by atoms with Gasteiger partial charge in [0, 0.05) is 44.5 Å². The Morgan fingerprint density at radius 1 is 1.10 bits per heavy atom. The molecule has 2 heterocycles. The van der Waals surface area contributed by atoms with E-state index in [1.54, 1.807) is 29.0 Å². The number of amides is 2. The van der Waals surface area contributed by atoms with Crippen LogP contribution in [0.15, 0.2) is 42.5 Å². The van der Waals surface area contributed by atoms with E-state index in [-0.39, 0.29) is 25.8 Å². The monoisotopic (exact) mass is 541 g/mol. The predicted molar refractivity (Wildman–Crippen MR) is 146 cm³/mol. The van der Waals surface area contributed by atoms with E-state index in [4.69, 9.17) is 18.9 Å². The van der Waals surface area contributed by atoms with Gasteiger partial charge in [-0.25, -0.2) is 4.79 Å². The van der Waals surface area contributed by atoms with Gasteiger partial charge >= 0.3 is 6.09 Å². The molecular weight excluding hydrogens is 502 g/mol. The number of hydrogen-bond donors (Lipinski definition) is 2. The number of hydrogen-bond acceptors (Lipinski definition) is 8. The number of morpholine rings is 1. The molecule has 0 spiro atoms. The Bertz CT molecular complexity index is 1130. The summed E-state index contributed by atoms with van der Waals surface area (Å²) in [5.74, 6) is 0.630. The van der Waals surface area contributed by atoms with Crippen LogP contribution in [-0.2, 0) is 27.2 Å². The summed E-state index contributed by atoms with van der Waals surface area (Å²) in [4.78, 5) is 29.3. The van der Waals surface area contributed by atoms with Gasteiger partial charge in [0.2, 0.25) is 0 Å². The van der Waals surface area contributed by atoms with Crippen molar-refractivity contribution in [1.29, 1.82) is 0 Å². The lowest BCUT2D eigenvalue weighted by molar-refractivity contribution is -0.00950.